The van der Waals surface area contributed by atoms with Crippen molar-refractivity contribution in [2.45, 2.75) is 18.9 Å². The number of aliphatic hydroxyl groups is 1. The molecule has 0 aromatic rings. The zero-order valence-electron chi connectivity index (χ0n) is 7.52. The van der Waals surface area contributed by atoms with Gasteiger partial charge in [-0.25, -0.2) is 13.6 Å². The molecule has 0 bridgehead atoms. The predicted molar refractivity (Wildman–Crippen MR) is 49.7 cm³/mol. The van der Waals surface area contributed by atoms with Gasteiger partial charge in [0.05, 0.1) is 11.9 Å². The summed E-state index contributed by atoms with van der Waals surface area (Å²) in [6.45, 7) is 2.00. The van der Waals surface area contributed by atoms with Crippen molar-refractivity contribution in [1.29, 1.82) is 0 Å². The van der Waals surface area contributed by atoms with Gasteiger partial charge in [-0.2, -0.15) is 0 Å². The zero-order chi connectivity index (χ0) is 9.90. The minimum atomic E-state index is -3.34. The highest BCUT2D eigenvalue weighted by molar-refractivity contribution is 7.89. The normalized spacial score (nSPS) is 22.0. The molecule has 0 aromatic heterocycles. The average Bonchev–Trinajstić information content (AvgIpc) is 2.02. The number of hydrogen-bond donors (Lipinski definition) is 2. The zero-order valence-corrected chi connectivity index (χ0v) is 8.33. The first-order valence-electron chi connectivity index (χ1n) is 4.38. The van der Waals surface area contributed by atoms with Gasteiger partial charge in [0.2, 0.25) is 10.0 Å². The number of hydrogen-bond acceptors (Lipinski definition) is 4. The Bertz CT molecular complexity index is 244. The number of nitrogens with zero attached hydrogens (tertiary/aromatic N) is 1. The van der Waals surface area contributed by atoms with E-state index >= 15 is 0 Å². The molecule has 0 spiro atoms. The predicted octanol–water partition coefficient (Wildman–Crippen LogP) is -1.27. The molecule has 0 unspecified atom stereocenters. The Hall–Kier alpha value is -0.170. The van der Waals surface area contributed by atoms with Crippen molar-refractivity contribution in [2.75, 3.05) is 25.4 Å². The van der Waals surface area contributed by atoms with Crippen LogP contribution in [0.4, 0.5) is 0 Å². The fourth-order valence-corrected chi connectivity index (χ4v) is 1.91. The minimum Gasteiger partial charge on any atom is -0.393 e. The van der Waals surface area contributed by atoms with Crippen LogP contribution in [0.25, 0.3) is 0 Å². The molecule has 78 valence electrons. The fourth-order valence-electron chi connectivity index (χ4n) is 1.40. The number of nitrogens with two attached hydrogens (primary N) is 1. The molecule has 0 radical (unpaired) electrons. The summed E-state index contributed by atoms with van der Waals surface area (Å²) in [5, 5.41) is 14.1. The molecule has 1 aliphatic rings. The van der Waals surface area contributed by atoms with Crippen LogP contribution in [0.15, 0.2) is 0 Å². The second kappa shape index (κ2) is 4.36. The number of sulfonamides is 1. The van der Waals surface area contributed by atoms with Gasteiger partial charge in [-0.3, -0.25) is 0 Å². The Morgan fingerprint density at radius 1 is 1.38 bits per heavy atom. The summed E-state index contributed by atoms with van der Waals surface area (Å²) in [6.07, 6.45) is 1.24. The summed E-state index contributed by atoms with van der Waals surface area (Å²) in [5.74, 6) is 0.00307. The molecule has 0 atom stereocenters. The van der Waals surface area contributed by atoms with E-state index in [0.29, 0.717) is 6.54 Å². The van der Waals surface area contributed by atoms with E-state index in [4.69, 9.17) is 5.14 Å². The molecule has 1 saturated heterocycles. The third-order valence-electron chi connectivity index (χ3n) is 2.25. The van der Waals surface area contributed by atoms with Crippen molar-refractivity contribution in [3.05, 3.63) is 0 Å². The van der Waals surface area contributed by atoms with Crippen LogP contribution in [-0.4, -0.2) is 49.9 Å². The second-order valence-corrected chi connectivity index (χ2v) is 5.17. The Labute approximate surface area is 78.6 Å². The first-order valence-corrected chi connectivity index (χ1v) is 6.10. The molecule has 13 heavy (non-hydrogen) atoms. The Morgan fingerprint density at radius 2 is 1.92 bits per heavy atom. The van der Waals surface area contributed by atoms with Crippen molar-refractivity contribution >= 4 is 10.0 Å². The molecule has 1 fully saturated rings. The van der Waals surface area contributed by atoms with Gasteiger partial charge in [-0.1, -0.05) is 0 Å². The summed E-state index contributed by atoms with van der Waals surface area (Å²) in [7, 11) is -3.34. The maximum Gasteiger partial charge on any atom is 0.210 e. The van der Waals surface area contributed by atoms with Gasteiger partial charge in [-0.05, 0) is 12.8 Å². The smallest absolute Gasteiger partial charge is 0.210 e. The van der Waals surface area contributed by atoms with Crippen molar-refractivity contribution < 1.29 is 13.5 Å². The number of piperidine rings is 1. The fraction of sp³-hybridized carbons (Fsp3) is 1.00. The van der Waals surface area contributed by atoms with Crippen LogP contribution in [0.1, 0.15) is 12.8 Å². The molecule has 0 aliphatic carbocycles. The van der Waals surface area contributed by atoms with Crippen LogP contribution < -0.4 is 5.14 Å². The van der Waals surface area contributed by atoms with E-state index in [1.807, 2.05) is 4.90 Å². The molecule has 1 heterocycles. The van der Waals surface area contributed by atoms with E-state index in [9.17, 15) is 13.5 Å². The summed E-state index contributed by atoms with van der Waals surface area (Å²) in [6, 6.07) is 0. The van der Waals surface area contributed by atoms with Gasteiger partial charge in [0.25, 0.3) is 0 Å². The molecule has 0 saturated carbocycles. The van der Waals surface area contributed by atoms with Gasteiger partial charge in [0.15, 0.2) is 0 Å². The molecule has 0 aromatic carbocycles. The van der Waals surface area contributed by atoms with Crippen molar-refractivity contribution in [1.82, 2.24) is 4.90 Å². The van der Waals surface area contributed by atoms with Crippen molar-refractivity contribution in [2.24, 2.45) is 5.14 Å². The maximum absolute atomic E-state index is 10.6. The highest BCUT2D eigenvalue weighted by atomic mass is 32.2. The highest BCUT2D eigenvalue weighted by Gasteiger charge is 2.17. The number of rotatable bonds is 3. The van der Waals surface area contributed by atoms with Gasteiger partial charge in [-0.15, -0.1) is 0 Å². The van der Waals surface area contributed by atoms with E-state index in [-0.39, 0.29) is 11.9 Å². The van der Waals surface area contributed by atoms with Crippen LogP contribution in [0.3, 0.4) is 0 Å². The SMILES string of the molecule is NS(=O)(=O)CCN1CCC(O)CC1. The van der Waals surface area contributed by atoms with E-state index in [2.05, 4.69) is 0 Å². The third kappa shape index (κ3) is 4.56. The van der Waals surface area contributed by atoms with Crippen LogP contribution >= 0.6 is 0 Å². The topological polar surface area (TPSA) is 83.6 Å². The summed E-state index contributed by atoms with van der Waals surface area (Å²) < 4.78 is 21.3. The minimum absolute atomic E-state index is 0.00307. The third-order valence-corrected chi connectivity index (χ3v) is 3.00. The molecule has 3 N–H and O–H groups in total. The monoisotopic (exact) mass is 208 g/mol. The molecule has 1 rings (SSSR count). The van der Waals surface area contributed by atoms with Crippen molar-refractivity contribution in [3.63, 3.8) is 0 Å². The summed E-state index contributed by atoms with van der Waals surface area (Å²) >= 11 is 0. The Balaban J connectivity index is 2.24. The van der Waals surface area contributed by atoms with Crippen LogP contribution in [0.2, 0.25) is 0 Å². The molecule has 0 amide bonds. The largest absolute Gasteiger partial charge is 0.393 e. The van der Waals surface area contributed by atoms with Crippen LogP contribution in [0, 0.1) is 0 Å². The lowest BCUT2D eigenvalue weighted by atomic mass is 10.1. The second-order valence-electron chi connectivity index (χ2n) is 3.44. The first-order chi connectivity index (χ1) is 5.97. The van der Waals surface area contributed by atoms with Crippen LogP contribution in [0.5, 0.6) is 0 Å². The maximum atomic E-state index is 10.6. The molecular formula is C7H16N2O3S. The molecular weight excluding hydrogens is 192 g/mol. The molecule has 6 heteroatoms. The Kier molecular flexibility index (Phi) is 3.66. The molecule has 5 nitrogen and oxygen atoms in total. The number of likely N-dealkylation sites (tertiary alicyclic amines) is 1. The van der Waals surface area contributed by atoms with E-state index in [1.54, 1.807) is 0 Å². The van der Waals surface area contributed by atoms with Gasteiger partial charge in [0, 0.05) is 19.6 Å². The molecule has 1 aliphatic heterocycles. The summed E-state index contributed by atoms with van der Waals surface area (Å²) in [5.41, 5.74) is 0. The lowest BCUT2D eigenvalue weighted by Crippen LogP contribution is -2.39. The van der Waals surface area contributed by atoms with E-state index < -0.39 is 10.0 Å². The van der Waals surface area contributed by atoms with Gasteiger partial charge < -0.3 is 10.0 Å². The van der Waals surface area contributed by atoms with Gasteiger partial charge in [0.1, 0.15) is 0 Å². The lowest BCUT2D eigenvalue weighted by molar-refractivity contribution is 0.0855. The highest BCUT2D eigenvalue weighted by Crippen LogP contribution is 2.09. The summed E-state index contributed by atoms with van der Waals surface area (Å²) in [4.78, 5) is 2.01. The lowest BCUT2D eigenvalue weighted by Gasteiger charge is -2.28. The standard InChI is InChI=1S/C7H16N2O3S/c8-13(11,12)6-5-9-3-1-7(10)2-4-9/h7,10H,1-6H2,(H2,8,11,12). The number of aliphatic hydroxyl groups excluding tert-OH is 1. The number of primary sulfonamides is 1. The van der Waals surface area contributed by atoms with Crippen LogP contribution in [-0.2, 0) is 10.0 Å². The van der Waals surface area contributed by atoms with E-state index in [0.717, 1.165) is 25.9 Å². The first kappa shape index (κ1) is 10.9. The van der Waals surface area contributed by atoms with Crippen molar-refractivity contribution in [3.8, 4) is 0 Å². The van der Waals surface area contributed by atoms with Gasteiger partial charge >= 0.3 is 0 Å². The average molecular weight is 208 g/mol. The quantitative estimate of drug-likeness (QED) is 0.606. The van der Waals surface area contributed by atoms with E-state index in [1.165, 1.54) is 0 Å². The Morgan fingerprint density at radius 3 is 2.38 bits per heavy atom.